The molecule has 0 spiro atoms. The number of nitrogens with zero attached hydrogens (tertiary/aromatic N) is 3. The van der Waals surface area contributed by atoms with Gasteiger partial charge < -0.3 is 20.1 Å². The van der Waals surface area contributed by atoms with Gasteiger partial charge in [-0.1, -0.05) is 0 Å². The van der Waals surface area contributed by atoms with Crippen LogP contribution in [0.2, 0.25) is 0 Å². The van der Waals surface area contributed by atoms with Crippen LogP contribution in [0.5, 0.6) is 0 Å². The zero-order valence-corrected chi connectivity index (χ0v) is 10.4. The average Bonchev–Trinajstić information content (AvgIpc) is 2.85. The van der Waals surface area contributed by atoms with Crippen LogP contribution in [0.25, 0.3) is 0 Å². The quantitative estimate of drug-likeness (QED) is 0.642. The first kappa shape index (κ1) is 13.3. The molecule has 1 atom stereocenters. The van der Waals surface area contributed by atoms with Crippen molar-refractivity contribution in [3.63, 3.8) is 0 Å². The lowest BCUT2D eigenvalue weighted by atomic mass is 10.0. The molecule has 1 aliphatic heterocycles. The molecule has 0 bridgehead atoms. The molecular weight excluding hydrogens is 250 g/mol. The number of nitro groups is 1. The predicted molar refractivity (Wildman–Crippen MR) is 68.1 cm³/mol. The van der Waals surface area contributed by atoms with Crippen molar-refractivity contribution in [3.8, 4) is 0 Å². The molecule has 1 aromatic rings. The van der Waals surface area contributed by atoms with Crippen molar-refractivity contribution in [2.24, 2.45) is 5.92 Å². The third-order valence-corrected chi connectivity index (χ3v) is 3.34. The van der Waals surface area contributed by atoms with Gasteiger partial charge in [-0.25, -0.2) is 0 Å². The monoisotopic (exact) mass is 265 g/mol. The van der Waals surface area contributed by atoms with E-state index in [1.54, 1.807) is 6.07 Å². The fraction of sp³-hybridized carbons (Fsp3) is 0.500. The van der Waals surface area contributed by atoms with Crippen molar-refractivity contribution < 1.29 is 14.8 Å². The molecule has 2 rings (SSSR count). The van der Waals surface area contributed by atoms with Gasteiger partial charge in [0, 0.05) is 25.6 Å². The number of carbonyl (C=O) groups is 1. The van der Waals surface area contributed by atoms with Crippen LogP contribution in [0.4, 0.5) is 11.5 Å². The highest BCUT2D eigenvalue weighted by atomic mass is 16.6. The lowest BCUT2D eigenvalue weighted by molar-refractivity contribution is -0.389. The molecule has 2 heterocycles. The standard InChI is InChI=1S/C12H15N3O4/c16-12(17)4-1-9-5-6-14(8-9)10-2-3-11(13-7-10)15(18)19/h2-3,7,9H,1,4-6,8H2,(H,16,17). The van der Waals surface area contributed by atoms with Gasteiger partial charge in [0.2, 0.25) is 0 Å². The summed E-state index contributed by atoms with van der Waals surface area (Å²) in [5.74, 6) is -0.563. The normalized spacial score (nSPS) is 18.5. The minimum atomic E-state index is -0.768. The van der Waals surface area contributed by atoms with Crippen LogP contribution in [0.1, 0.15) is 19.3 Å². The summed E-state index contributed by atoms with van der Waals surface area (Å²) >= 11 is 0. The number of hydrogen-bond acceptors (Lipinski definition) is 5. The topological polar surface area (TPSA) is 96.6 Å². The third-order valence-electron chi connectivity index (χ3n) is 3.34. The third kappa shape index (κ3) is 3.40. The van der Waals surface area contributed by atoms with Crippen LogP contribution >= 0.6 is 0 Å². The summed E-state index contributed by atoms with van der Waals surface area (Å²) in [6, 6.07) is 3.07. The molecule has 1 aliphatic rings. The van der Waals surface area contributed by atoms with E-state index >= 15 is 0 Å². The van der Waals surface area contributed by atoms with E-state index in [0.717, 1.165) is 25.2 Å². The van der Waals surface area contributed by atoms with Crippen LogP contribution in [0.3, 0.4) is 0 Å². The Bertz CT molecular complexity index is 474. The number of anilines is 1. The first-order valence-electron chi connectivity index (χ1n) is 6.13. The Morgan fingerprint density at radius 1 is 1.58 bits per heavy atom. The van der Waals surface area contributed by atoms with Crippen molar-refractivity contribution in [1.29, 1.82) is 0 Å². The molecule has 1 fully saturated rings. The van der Waals surface area contributed by atoms with E-state index in [9.17, 15) is 14.9 Å². The Hall–Kier alpha value is -2.18. The second-order valence-electron chi connectivity index (χ2n) is 4.66. The zero-order valence-electron chi connectivity index (χ0n) is 10.4. The summed E-state index contributed by atoms with van der Waals surface area (Å²) in [5.41, 5.74) is 0.850. The van der Waals surface area contributed by atoms with Gasteiger partial charge in [0.25, 0.3) is 0 Å². The number of pyridine rings is 1. The van der Waals surface area contributed by atoms with Crippen LogP contribution in [-0.2, 0) is 4.79 Å². The van der Waals surface area contributed by atoms with Crippen LogP contribution in [-0.4, -0.2) is 34.1 Å². The van der Waals surface area contributed by atoms with Crippen molar-refractivity contribution in [3.05, 3.63) is 28.4 Å². The van der Waals surface area contributed by atoms with Crippen molar-refractivity contribution in [2.75, 3.05) is 18.0 Å². The number of carboxylic acid groups (broad SMARTS) is 1. The maximum Gasteiger partial charge on any atom is 0.363 e. The molecule has 0 aromatic carbocycles. The molecule has 7 nitrogen and oxygen atoms in total. The van der Waals surface area contributed by atoms with E-state index in [-0.39, 0.29) is 12.2 Å². The molecule has 0 saturated carbocycles. The molecule has 0 aliphatic carbocycles. The second kappa shape index (κ2) is 5.64. The number of aliphatic carboxylic acids is 1. The molecule has 19 heavy (non-hydrogen) atoms. The van der Waals surface area contributed by atoms with E-state index < -0.39 is 10.9 Å². The van der Waals surface area contributed by atoms with Gasteiger partial charge in [0.05, 0.1) is 5.69 Å². The smallest absolute Gasteiger partial charge is 0.363 e. The van der Waals surface area contributed by atoms with Crippen molar-refractivity contribution in [1.82, 2.24) is 4.98 Å². The molecule has 1 saturated heterocycles. The molecular formula is C12H15N3O4. The Labute approximate surface area is 110 Å². The predicted octanol–water partition coefficient (Wildman–Crippen LogP) is 1.68. The fourth-order valence-electron chi connectivity index (χ4n) is 2.30. The summed E-state index contributed by atoms with van der Waals surface area (Å²) in [5, 5.41) is 19.2. The van der Waals surface area contributed by atoms with Gasteiger partial charge in [0.15, 0.2) is 6.20 Å². The summed E-state index contributed by atoms with van der Waals surface area (Å²) in [4.78, 5) is 26.4. The minimum absolute atomic E-state index is 0.162. The number of aromatic nitrogens is 1. The maximum absolute atomic E-state index is 10.5. The van der Waals surface area contributed by atoms with E-state index in [0.29, 0.717) is 12.3 Å². The van der Waals surface area contributed by atoms with Crippen molar-refractivity contribution >= 4 is 17.5 Å². The van der Waals surface area contributed by atoms with E-state index in [4.69, 9.17) is 5.11 Å². The summed E-state index contributed by atoms with van der Waals surface area (Å²) in [6.07, 6.45) is 3.31. The SMILES string of the molecule is O=C(O)CCC1CCN(c2ccc([N+](=O)[O-])nc2)C1. The summed E-state index contributed by atoms with van der Waals surface area (Å²) in [7, 11) is 0. The highest BCUT2D eigenvalue weighted by molar-refractivity contribution is 5.66. The van der Waals surface area contributed by atoms with Gasteiger partial charge in [-0.05, 0) is 34.7 Å². The first-order valence-corrected chi connectivity index (χ1v) is 6.13. The number of rotatable bonds is 5. The molecule has 1 aromatic heterocycles. The lowest BCUT2D eigenvalue weighted by Crippen LogP contribution is -2.20. The Morgan fingerprint density at radius 3 is 2.95 bits per heavy atom. The Balaban J connectivity index is 1.93. The van der Waals surface area contributed by atoms with Crippen LogP contribution in [0, 0.1) is 16.0 Å². The molecule has 1 N–H and O–H groups in total. The summed E-state index contributed by atoms with van der Waals surface area (Å²) in [6.45, 7) is 1.62. The van der Waals surface area contributed by atoms with Gasteiger partial charge in [0.1, 0.15) is 0 Å². The maximum atomic E-state index is 10.5. The highest BCUT2D eigenvalue weighted by Gasteiger charge is 2.24. The van der Waals surface area contributed by atoms with E-state index in [2.05, 4.69) is 9.88 Å². The molecule has 102 valence electrons. The molecule has 0 amide bonds. The van der Waals surface area contributed by atoms with Gasteiger partial charge >= 0.3 is 11.8 Å². The average molecular weight is 265 g/mol. The van der Waals surface area contributed by atoms with Gasteiger partial charge in [-0.2, -0.15) is 0 Å². The van der Waals surface area contributed by atoms with Crippen LogP contribution in [0.15, 0.2) is 18.3 Å². The zero-order chi connectivity index (χ0) is 13.8. The minimum Gasteiger partial charge on any atom is -0.481 e. The van der Waals surface area contributed by atoms with Crippen molar-refractivity contribution in [2.45, 2.75) is 19.3 Å². The Morgan fingerprint density at radius 2 is 2.37 bits per heavy atom. The van der Waals surface area contributed by atoms with Gasteiger partial charge in [-0.15, -0.1) is 0 Å². The largest absolute Gasteiger partial charge is 0.481 e. The second-order valence-corrected chi connectivity index (χ2v) is 4.66. The first-order chi connectivity index (χ1) is 9.06. The van der Waals surface area contributed by atoms with Gasteiger partial charge in [-0.3, -0.25) is 4.79 Å². The van der Waals surface area contributed by atoms with E-state index in [1.807, 2.05) is 0 Å². The fourth-order valence-corrected chi connectivity index (χ4v) is 2.30. The number of hydrogen-bond donors (Lipinski definition) is 1. The molecule has 1 unspecified atom stereocenters. The number of carboxylic acids is 1. The highest BCUT2D eigenvalue weighted by Crippen LogP contribution is 2.26. The molecule has 0 radical (unpaired) electrons. The summed E-state index contributed by atoms with van der Waals surface area (Å²) < 4.78 is 0. The Kier molecular flexibility index (Phi) is 3.94. The van der Waals surface area contributed by atoms with E-state index in [1.165, 1.54) is 12.3 Å². The lowest BCUT2D eigenvalue weighted by Gasteiger charge is -2.16. The van der Waals surface area contributed by atoms with Crippen LogP contribution < -0.4 is 4.90 Å². The molecule has 7 heteroatoms.